The van der Waals surface area contributed by atoms with Crippen molar-refractivity contribution < 1.29 is 28.0 Å². The molecule has 5 rings (SSSR count). The molecule has 2 aliphatic rings. The SMILES string of the molecule is COc1ccc(F)c2c1c(C(C)C)nn2-c1noc(C2CCN(C3CCN(C(=O)COC(C)=O)CC3)CC2)n1. The first-order valence-corrected chi connectivity index (χ1v) is 13.5. The molecule has 0 spiro atoms. The third-order valence-electron chi connectivity index (χ3n) is 7.76. The van der Waals surface area contributed by atoms with E-state index in [1.807, 2.05) is 13.8 Å². The molecule has 12 heteroatoms. The maximum atomic E-state index is 15.0. The molecule has 0 atom stereocenters. The van der Waals surface area contributed by atoms with Crippen molar-refractivity contribution in [3.05, 3.63) is 29.5 Å². The molecule has 0 aliphatic carbocycles. The van der Waals surface area contributed by atoms with Crippen molar-refractivity contribution in [3.63, 3.8) is 0 Å². The van der Waals surface area contributed by atoms with Gasteiger partial charge in [0.15, 0.2) is 6.61 Å². The molecule has 0 bridgehead atoms. The maximum absolute atomic E-state index is 15.0. The van der Waals surface area contributed by atoms with E-state index >= 15 is 0 Å². The predicted octanol–water partition coefficient (Wildman–Crippen LogP) is 3.41. The Bertz CT molecular complexity index is 1340. The van der Waals surface area contributed by atoms with Crippen LogP contribution < -0.4 is 4.74 Å². The molecule has 1 amide bonds. The smallest absolute Gasteiger partial charge is 0.303 e. The van der Waals surface area contributed by atoms with Crippen LogP contribution in [0.2, 0.25) is 0 Å². The molecule has 2 fully saturated rings. The third kappa shape index (κ3) is 5.47. The van der Waals surface area contributed by atoms with Crippen molar-refractivity contribution in [2.24, 2.45) is 0 Å². The normalized spacial score (nSPS) is 17.7. The first kappa shape index (κ1) is 27.0. The van der Waals surface area contributed by atoms with Gasteiger partial charge in [-0.15, -0.1) is 0 Å². The molecule has 3 aromatic rings. The number of piperidine rings is 2. The highest BCUT2D eigenvalue weighted by Gasteiger charge is 2.32. The molecule has 210 valence electrons. The number of benzene rings is 1. The van der Waals surface area contributed by atoms with Gasteiger partial charge in [-0.05, 0) is 62.0 Å². The van der Waals surface area contributed by atoms with E-state index in [1.165, 1.54) is 17.7 Å². The number of amides is 1. The van der Waals surface area contributed by atoms with Gasteiger partial charge < -0.3 is 23.8 Å². The zero-order chi connectivity index (χ0) is 27.7. The van der Waals surface area contributed by atoms with Crippen LogP contribution in [0.3, 0.4) is 0 Å². The second-order valence-corrected chi connectivity index (χ2v) is 10.6. The minimum absolute atomic E-state index is 0.0408. The quantitative estimate of drug-likeness (QED) is 0.414. The van der Waals surface area contributed by atoms with Crippen molar-refractivity contribution >= 4 is 22.8 Å². The summed E-state index contributed by atoms with van der Waals surface area (Å²) in [5, 5.41) is 9.43. The fourth-order valence-corrected chi connectivity index (χ4v) is 5.65. The van der Waals surface area contributed by atoms with Crippen molar-refractivity contribution in [1.82, 2.24) is 29.7 Å². The van der Waals surface area contributed by atoms with Gasteiger partial charge in [0.05, 0.1) is 18.2 Å². The summed E-state index contributed by atoms with van der Waals surface area (Å²) in [5.41, 5.74) is 0.984. The highest BCUT2D eigenvalue weighted by Crippen LogP contribution is 2.36. The first-order chi connectivity index (χ1) is 18.8. The molecule has 2 aromatic heterocycles. The number of aromatic nitrogens is 4. The molecule has 2 aliphatic heterocycles. The monoisotopic (exact) mass is 542 g/mol. The van der Waals surface area contributed by atoms with E-state index in [-0.39, 0.29) is 35.8 Å². The van der Waals surface area contributed by atoms with Gasteiger partial charge in [-0.1, -0.05) is 13.8 Å². The van der Waals surface area contributed by atoms with E-state index in [1.54, 1.807) is 18.1 Å². The van der Waals surface area contributed by atoms with Gasteiger partial charge in [-0.3, -0.25) is 9.59 Å². The summed E-state index contributed by atoms with van der Waals surface area (Å²) >= 11 is 0. The van der Waals surface area contributed by atoms with Crippen LogP contribution in [-0.2, 0) is 14.3 Å². The van der Waals surface area contributed by atoms with Gasteiger partial charge in [0.25, 0.3) is 11.9 Å². The molecule has 0 unspecified atom stereocenters. The summed E-state index contributed by atoms with van der Waals surface area (Å²) in [7, 11) is 1.56. The standard InChI is InChI=1S/C27H35FN6O5/c1-16(2)24-23-21(37-4)6-5-20(28)25(23)34(30-24)27-29-26(39-31-27)18-7-11-32(12-8-18)19-9-13-33(14-10-19)22(36)15-38-17(3)35/h5-6,16,18-19H,7-15H2,1-4H3. The molecule has 4 heterocycles. The number of rotatable bonds is 7. The van der Waals surface area contributed by atoms with Crippen LogP contribution in [0.5, 0.6) is 5.75 Å². The second-order valence-electron chi connectivity index (χ2n) is 10.6. The number of esters is 1. The maximum Gasteiger partial charge on any atom is 0.303 e. The Kier molecular flexibility index (Phi) is 7.83. The second kappa shape index (κ2) is 11.3. The van der Waals surface area contributed by atoms with E-state index in [0.717, 1.165) is 38.8 Å². The van der Waals surface area contributed by atoms with Gasteiger partial charge in [0, 0.05) is 32.0 Å². The molecular weight excluding hydrogens is 507 g/mol. The lowest BCUT2D eigenvalue weighted by molar-refractivity contribution is -0.151. The molecule has 1 aromatic carbocycles. The Labute approximate surface area is 226 Å². The molecule has 0 saturated carbocycles. The minimum Gasteiger partial charge on any atom is -0.496 e. The number of halogens is 1. The number of likely N-dealkylation sites (tertiary alicyclic amines) is 2. The molecular formula is C27H35FN6O5. The summed E-state index contributed by atoms with van der Waals surface area (Å²) in [6, 6.07) is 3.38. The van der Waals surface area contributed by atoms with E-state index < -0.39 is 11.8 Å². The van der Waals surface area contributed by atoms with Crippen LogP contribution in [0.25, 0.3) is 16.9 Å². The summed E-state index contributed by atoms with van der Waals surface area (Å²) in [6.45, 7) is 8.21. The lowest BCUT2D eigenvalue weighted by atomic mass is 9.93. The van der Waals surface area contributed by atoms with Gasteiger partial charge in [0.1, 0.15) is 17.1 Å². The lowest BCUT2D eigenvalue weighted by Gasteiger charge is -2.41. The fraction of sp³-hybridized carbons (Fsp3) is 0.593. The van der Waals surface area contributed by atoms with Crippen molar-refractivity contribution in [3.8, 4) is 11.7 Å². The fourth-order valence-electron chi connectivity index (χ4n) is 5.65. The minimum atomic E-state index is -0.444. The summed E-state index contributed by atoms with van der Waals surface area (Å²) in [4.78, 5) is 32.1. The molecule has 39 heavy (non-hydrogen) atoms. The van der Waals surface area contributed by atoms with Gasteiger partial charge >= 0.3 is 5.97 Å². The summed E-state index contributed by atoms with van der Waals surface area (Å²) in [6.07, 6.45) is 3.51. The van der Waals surface area contributed by atoms with E-state index in [9.17, 15) is 14.0 Å². The van der Waals surface area contributed by atoms with Crippen LogP contribution >= 0.6 is 0 Å². The Morgan fingerprint density at radius 2 is 1.85 bits per heavy atom. The summed E-state index contributed by atoms with van der Waals surface area (Å²) < 4.78 is 32.4. The average molecular weight is 543 g/mol. The molecule has 0 radical (unpaired) electrons. The molecule has 2 saturated heterocycles. The molecule has 11 nitrogen and oxygen atoms in total. The molecule has 0 N–H and O–H groups in total. The first-order valence-electron chi connectivity index (χ1n) is 13.5. The van der Waals surface area contributed by atoms with Crippen LogP contribution in [0.1, 0.15) is 69.9 Å². The third-order valence-corrected chi connectivity index (χ3v) is 7.76. The highest BCUT2D eigenvalue weighted by atomic mass is 19.1. The summed E-state index contributed by atoms with van der Waals surface area (Å²) in [5.74, 6) is 0.438. The van der Waals surface area contributed by atoms with Gasteiger partial charge in [0.2, 0.25) is 5.89 Å². The number of ether oxygens (including phenoxy) is 2. The number of nitrogens with zero attached hydrogens (tertiary/aromatic N) is 6. The van der Waals surface area contributed by atoms with Gasteiger partial charge in [-0.2, -0.15) is 14.8 Å². The van der Waals surface area contributed by atoms with Crippen LogP contribution in [-0.4, -0.2) is 87.5 Å². The van der Waals surface area contributed by atoms with Crippen LogP contribution in [0.15, 0.2) is 16.7 Å². The van der Waals surface area contributed by atoms with E-state index in [2.05, 4.69) is 20.1 Å². The van der Waals surface area contributed by atoms with Crippen molar-refractivity contribution in [1.29, 1.82) is 0 Å². The van der Waals surface area contributed by atoms with Crippen LogP contribution in [0.4, 0.5) is 4.39 Å². The average Bonchev–Trinajstić information content (AvgIpc) is 3.58. The predicted molar refractivity (Wildman–Crippen MR) is 139 cm³/mol. The number of methoxy groups -OCH3 is 1. The number of hydrogen-bond donors (Lipinski definition) is 0. The number of carbonyl (C=O) groups is 2. The number of fused-ring (bicyclic) bond motifs is 1. The van der Waals surface area contributed by atoms with Crippen LogP contribution in [0, 0.1) is 5.82 Å². The number of hydrogen-bond acceptors (Lipinski definition) is 9. The number of carbonyl (C=O) groups excluding carboxylic acids is 2. The Balaban J connectivity index is 1.23. The Hall–Kier alpha value is -3.54. The Morgan fingerprint density at radius 3 is 2.49 bits per heavy atom. The van der Waals surface area contributed by atoms with Crippen molar-refractivity contribution in [2.45, 2.75) is 64.3 Å². The zero-order valence-corrected chi connectivity index (χ0v) is 22.9. The van der Waals surface area contributed by atoms with Gasteiger partial charge in [-0.25, -0.2) is 4.39 Å². The largest absolute Gasteiger partial charge is 0.496 e. The lowest BCUT2D eigenvalue weighted by Crippen LogP contribution is -2.49. The Morgan fingerprint density at radius 1 is 1.13 bits per heavy atom. The highest BCUT2D eigenvalue weighted by molar-refractivity contribution is 5.90. The van der Waals surface area contributed by atoms with Crippen molar-refractivity contribution in [2.75, 3.05) is 39.9 Å². The topological polar surface area (TPSA) is 116 Å². The van der Waals surface area contributed by atoms with E-state index in [0.29, 0.717) is 41.9 Å². The van der Waals surface area contributed by atoms with E-state index in [4.69, 9.17) is 14.0 Å². The zero-order valence-electron chi connectivity index (χ0n) is 22.9.